The Hall–Kier alpha value is -0.830. The Morgan fingerprint density at radius 1 is 1.20 bits per heavy atom. The van der Waals surface area contributed by atoms with E-state index in [1.807, 2.05) is 11.8 Å². The van der Waals surface area contributed by atoms with Crippen molar-refractivity contribution in [3.63, 3.8) is 0 Å². The Morgan fingerprint density at radius 3 is 2.33 bits per heavy atom. The predicted molar refractivity (Wildman–Crippen MR) is 62.7 cm³/mol. The maximum atomic E-state index is 11.8. The van der Waals surface area contributed by atoms with Gasteiger partial charge in [-0.05, 0) is 19.8 Å². The van der Waals surface area contributed by atoms with Crippen LogP contribution in [-0.2, 0) is 4.79 Å². The van der Waals surface area contributed by atoms with Crippen molar-refractivity contribution in [2.75, 3.05) is 26.2 Å². The zero-order chi connectivity index (χ0) is 11.1. The van der Waals surface area contributed by atoms with Gasteiger partial charge in [-0.2, -0.15) is 0 Å². The van der Waals surface area contributed by atoms with Crippen LogP contribution >= 0.6 is 0 Å². The smallest absolute Gasteiger partial charge is 0.236 e. The van der Waals surface area contributed by atoms with E-state index in [1.165, 1.54) is 12.8 Å². The van der Waals surface area contributed by atoms with Crippen LogP contribution in [0.4, 0.5) is 0 Å². The lowest BCUT2D eigenvalue weighted by Gasteiger charge is -2.20. The Balaban J connectivity index is 2.22. The van der Waals surface area contributed by atoms with Gasteiger partial charge in [0, 0.05) is 19.6 Å². The van der Waals surface area contributed by atoms with Crippen molar-refractivity contribution in [2.45, 2.75) is 32.6 Å². The number of carbonyl (C=O) groups excluding carboxylic acids is 1. The standard InChI is InChI=1S/C12H22N2O/c1-11(2)9-13-10-12(15)14-7-5-3-4-6-8-14/h13H,1,3-10H2,2H3. The molecule has 0 aromatic carbocycles. The van der Waals surface area contributed by atoms with Crippen molar-refractivity contribution in [3.8, 4) is 0 Å². The van der Waals surface area contributed by atoms with Crippen LogP contribution in [0.1, 0.15) is 32.6 Å². The molecule has 86 valence electrons. The van der Waals surface area contributed by atoms with Gasteiger partial charge in [-0.15, -0.1) is 0 Å². The lowest BCUT2D eigenvalue weighted by Crippen LogP contribution is -2.39. The molecule has 0 unspecified atom stereocenters. The molecule has 1 heterocycles. The fourth-order valence-corrected chi connectivity index (χ4v) is 1.81. The van der Waals surface area contributed by atoms with Crippen LogP contribution in [0.15, 0.2) is 12.2 Å². The molecule has 3 heteroatoms. The largest absolute Gasteiger partial charge is 0.342 e. The van der Waals surface area contributed by atoms with Crippen LogP contribution < -0.4 is 5.32 Å². The SMILES string of the molecule is C=C(C)CNCC(=O)N1CCCCCC1. The molecule has 3 nitrogen and oxygen atoms in total. The number of hydrogen-bond donors (Lipinski definition) is 1. The molecule has 1 saturated heterocycles. The molecule has 1 fully saturated rings. The molecule has 0 aliphatic carbocycles. The quantitative estimate of drug-likeness (QED) is 0.714. The molecule has 15 heavy (non-hydrogen) atoms. The van der Waals surface area contributed by atoms with E-state index in [0.717, 1.165) is 38.0 Å². The number of carbonyl (C=O) groups is 1. The van der Waals surface area contributed by atoms with Crippen molar-refractivity contribution in [3.05, 3.63) is 12.2 Å². The lowest BCUT2D eigenvalue weighted by molar-refractivity contribution is -0.130. The predicted octanol–water partition coefficient (Wildman–Crippen LogP) is 1.55. The Labute approximate surface area is 92.5 Å². The first-order chi connectivity index (χ1) is 7.20. The first-order valence-corrected chi connectivity index (χ1v) is 5.83. The van der Waals surface area contributed by atoms with E-state index in [1.54, 1.807) is 0 Å². The second-order valence-corrected chi connectivity index (χ2v) is 4.36. The van der Waals surface area contributed by atoms with E-state index in [0.29, 0.717) is 6.54 Å². The molecular formula is C12H22N2O. The summed E-state index contributed by atoms with van der Waals surface area (Å²) in [5.74, 6) is 0.234. The van der Waals surface area contributed by atoms with Crippen LogP contribution in [0.25, 0.3) is 0 Å². The highest BCUT2D eigenvalue weighted by molar-refractivity contribution is 5.78. The average Bonchev–Trinajstić information content (AvgIpc) is 2.44. The second kappa shape index (κ2) is 6.62. The number of nitrogens with one attached hydrogen (secondary N) is 1. The molecule has 0 spiro atoms. The minimum absolute atomic E-state index is 0.234. The lowest BCUT2D eigenvalue weighted by atomic mass is 10.2. The third-order valence-corrected chi connectivity index (χ3v) is 2.66. The normalized spacial score (nSPS) is 17.3. The highest BCUT2D eigenvalue weighted by atomic mass is 16.2. The summed E-state index contributed by atoms with van der Waals surface area (Å²) in [4.78, 5) is 13.8. The van der Waals surface area contributed by atoms with Crippen LogP contribution in [0, 0.1) is 0 Å². The summed E-state index contributed by atoms with van der Waals surface area (Å²) in [6, 6.07) is 0. The molecule has 1 rings (SSSR count). The van der Waals surface area contributed by atoms with Crippen LogP contribution in [-0.4, -0.2) is 37.0 Å². The molecule has 1 amide bonds. The topological polar surface area (TPSA) is 32.3 Å². The summed E-state index contributed by atoms with van der Waals surface area (Å²) in [7, 11) is 0. The minimum atomic E-state index is 0.234. The first-order valence-electron chi connectivity index (χ1n) is 5.83. The second-order valence-electron chi connectivity index (χ2n) is 4.36. The van der Waals surface area contributed by atoms with Gasteiger partial charge in [-0.3, -0.25) is 4.79 Å². The Bertz CT molecular complexity index is 218. The van der Waals surface area contributed by atoms with Gasteiger partial charge in [0.25, 0.3) is 0 Å². The van der Waals surface area contributed by atoms with E-state index in [9.17, 15) is 4.79 Å². The van der Waals surface area contributed by atoms with Crippen LogP contribution in [0.5, 0.6) is 0 Å². The van der Waals surface area contributed by atoms with Gasteiger partial charge in [-0.1, -0.05) is 25.0 Å². The monoisotopic (exact) mass is 210 g/mol. The molecule has 0 aromatic rings. The summed E-state index contributed by atoms with van der Waals surface area (Å²) >= 11 is 0. The number of rotatable bonds is 4. The summed E-state index contributed by atoms with van der Waals surface area (Å²) in [5.41, 5.74) is 1.07. The van der Waals surface area contributed by atoms with Gasteiger partial charge in [0.1, 0.15) is 0 Å². The Morgan fingerprint density at radius 2 is 1.80 bits per heavy atom. The number of nitrogens with zero attached hydrogens (tertiary/aromatic N) is 1. The molecule has 0 radical (unpaired) electrons. The maximum Gasteiger partial charge on any atom is 0.236 e. The van der Waals surface area contributed by atoms with E-state index in [-0.39, 0.29) is 5.91 Å². The van der Waals surface area contributed by atoms with E-state index < -0.39 is 0 Å². The van der Waals surface area contributed by atoms with Crippen molar-refractivity contribution in [1.29, 1.82) is 0 Å². The van der Waals surface area contributed by atoms with Gasteiger partial charge < -0.3 is 10.2 Å². The Kier molecular flexibility index (Phi) is 5.40. The van der Waals surface area contributed by atoms with E-state index in [4.69, 9.17) is 0 Å². The summed E-state index contributed by atoms with van der Waals surface area (Å²) in [6.45, 7) is 8.82. The van der Waals surface area contributed by atoms with Crippen molar-refractivity contribution >= 4 is 5.91 Å². The molecule has 0 saturated carbocycles. The molecule has 1 N–H and O–H groups in total. The molecule has 0 atom stereocenters. The minimum Gasteiger partial charge on any atom is -0.342 e. The number of likely N-dealkylation sites (tertiary alicyclic amines) is 1. The average molecular weight is 210 g/mol. The van der Waals surface area contributed by atoms with Gasteiger partial charge in [0.05, 0.1) is 6.54 Å². The van der Waals surface area contributed by atoms with Crippen molar-refractivity contribution in [1.82, 2.24) is 10.2 Å². The van der Waals surface area contributed by atoms with Crippen LogP contribution in [0.2, 0.25) is 0 Å². The third kappa shape index (κ3) is 4.98. The summed E-state index contributed by atoms with van der Waals surface area (Å²) < 4.78 is 0. The fraction of sp³-hybridized carbons (Fsp3) is 0.750. The zero-order valence-electron chi connectivity index (χ0n) is 9.72. The van der Waals surface area contributed by atoms with Gasteiger partial charge in [0.15, 0.2) is 0 Å². The van der Waals surface area contributed by atoms with Crippen molar-refractivity contribution < 1.29 is 4.79 Å². The van der Waals surface area contributed by atoms with Gasteiger partial charge in [0.2, 0.25) is 5.91 Å². The fourth-order valence-electron chi connectivity index (χ4n) is 1.81. The summed E-state index contributed by atoms with van der Waals surface area (Å²) in [6.07, 6.45) is 4.85. The van der Waals surface area contributed by atoms with Gasteiger partial charge in [-0.25, -0.2) is 0 Å². The molecule has 0 aromatic heterocycles. The number of amides is 1. The third-order valence-electron chi connectivity index (χ3n) is 2.66. The number of hydrogen-bond acceptors (Lipinski definition) is 2. The van der Waals surface area contributed by atoms with Gasteiger partial charge >= 0.3 is 0 Å². The molecule has 1 aliphatic rings. The van der Waals surface area contributed by atoms with Crippen molar-refractivity contribution in [2.24, 2.45) is 0 Å². The molecule has 1 aliphatic heterocycles. The van der Waals surface area contributed by atoms with Crippen LogP contribution in [0.3, 0.4) is 0 Å². The first kappa shape index (κ1) is 12.2. The van der Waals surface area contributed by atoms with E-state index >= 15 is 0 Å². The maximum absolute atomic E-state index is 11.8. The highest BCUT2D eigenvalue weighted by Gasteiger charge is 2.14. The summed E-state index contributed by atoms with van der Waals surface area (Å²) in [5, 5.41) is 3.11. The molecule has 0 bridgehead atoms. The highest BCUT2D eigenvalue weighted by Crippen LogP contribution is 2.09. The zero-order valence-corrected chi connectivity index (χ0v) is 9.72. The molecular weight excluding hydrogens is 188 g/mol. The van der Waals surface area contributed by atoms with E-state index in [2.05, 4.69) is 11.9 Å².